The Balaban J connectivity index is 0.867. The Morgan fingerprint density at radius 2 is 1.79 bits per heavy atom. The standard InChI is InChI=1S/C42H48N6O8/c1-47-30(23-34(46-47)41(52)54-21-6-5-18-43-24-36(50)32-12-14-35(49)40-33(32)13-15-38(51)44-40)26-55-31-11-7-10-29(22-31)39(28-8-3-2-4-9-28)45-42(53)56-37-25-48-19-16-27(37)17-20-48/h2-4,7-15,22-23,27,36-37,39,43,49-50H,5-6,16-21,24-26H2,1H3,(H,44,51)(H,45,53)/t36?,37?,39-/m0/s1. The van der Waals surface area contributed by atoms with Gasteiger partial charge < -0.3 is 40.0 Å². The van der Waals surface area contributed by atoms with Gasteiger partial charge in [-0.05, 0) is 98.3 Å². The maximum Gasteiger partial charge on any atom is 0.408 e. The lowest BCUT2D eigenvalue weighted by Gasteiger charge is -2.43. The van der Waals surface area contributed by atoms with E-state index in [0.29, 0.717) is 47.7 Å². The summed E-state index contributed by atoms with van der Waals surface area (Å²) in [6, 6.07) is 24.5. The lowest BCUT2D eigenvalue weighted by molar-refractivity contribution is -0.0336. The molecule has 3 aromatic carbocycles. The molecule has 294 valence electrons. The first-order valence-corrected chi connectivity index (χ1v) is 19.1. The number of fused-ring (bicyclic) bond motifs is 4. The summed E-state index contributed by atoms with van der Waals surface area (Å²) >= 11 is 0. The van der Waals surface area contributed by atoms with Crippen LogP contribution in [0.2, 0.25) is 0 Å². The van der Waals surface area contributed by atoms with Gasteiger partial charge in [-0.25, -0.2) is 9.59 Å². The lowest BCUT2D eigenvalue weighted by atomic mass is 9.86. The van der Waals surface area contributed by atoms with Gasteiger partial charge in [0.25, 0.3) is 0 Å². The third-order valence-electron chi connectivity index (χ3n) is 10.6. The van der Waals surface area contributed by atoms with E-state index in [1.165, 1.54) is 12.1 Å². The van der Waals surface area contributed by atoms with Gasteiger partial charge in [-0.2, -0.15) is 5.10 Å². The molecule has 3 aliphatic rings. The van der Waals surface area contributed by atoms with Crippen LogP contribution in [-0.2, 0) is 23.1 Å². The second kappa shape index (κ2) is 17.8. The second-order valence-electron chi connectivity index (χ2n) is 14.4. The first-order valence-electron chi connectivity index (χ1n) is 19.1. The Hall–Kier alpha value is -5.70. The summed E-state index contributed by atoms with van der Waals surface area (Å²) in [6.07, 6.45) is 2.02. The third kappa shape index (κ3) is 9.39. The maximum absolute atomic E-state index is 13.2. The molecule has 14 heteroatoms. The van der Waals surface area contributed by atoms with E-state index >= 15 is 0 Å². The Bertz CT molecular complexity index is 2180. The molecule has 8 rings (SSSR count). The van der Waals surface area contributed by atoms with Crippen molar-refractivity contribution in [3.05, 3.63) is 123 Å². The minimum atomic E-state index is -0.855. The number of rotatable bonds is 16. The molecule has 1 amide bonds. The molecule has 2 bridgehead atoms. The van der Waals surface area contributed by atoms with E-state index in [1.54, 1.807) is 29.9 Å². The van der Waals surface area contributed by atoms with Crippen LogP contribution < -0.4 is 20.9 Å². The van der Waals surface area contributed by atoms with Crippen LogP contribution in [0, 0.1) is 5.92 Å². The molecule has 3 saturated heterocycles. The topological polar surface area (TPSA) is 180 Å². The fourth-order valence-corrected chi connectivity index (χ4v) is 7.51. The molecule has 3 atom stereocenters. The number of ether oxygens (including phenoxy) is 3. The molecular weight excluding hydrogens is 716 g/mol. The van der Waals surface area contributed by atoms with Crippen LogP contribution in [0.15, 0.2) is 89.7 Å². The van der Waals surface area contributed by atoms with Crippen LogP contribution in [0.1, 0.15) is 70.7 Å². The van der Waals surface area contributed by atoms with Crippen molar-refractivity contribution in [1.29, 1.82) is 0 Å². The lowest BCUT2D eigenvalue weighted by Crippen LogP contribution is -2.52. The number of carbonyl (C=O) groups is 2. The summed E-state index contributed by atoms with van der Waals surface area (Å²) < 4.78 is 19.2. The van der Waals surface area contributed by atoms with Crippen LogP contribution in [0.25, 0.3) is 10.9 Å². The summed E-state index contributed by atoms with van der Waals surface area (Å²) in [6.45, 7) is 4.13. The summed E-state index contributed by atoms with van der Waals surface area (Å²) in [5, 5.41) is 32.0. The van der Waals surface area contributed by atoms with E-state index < -0.39 is 24.2 Å². The number of nitrogens with one attached hydrogen (secondary N) is 3. The zero-order valence-corrected chi connectivity index (χ0v) is 31.4. The van der Waals surface area contributed by atoms with Crippen molar-refractivity contribution in [3.63, 3.8) is 0 Å². The Morgan fingerprint density at radius 1 is 0.982 bits per heavy atom. The van der Waals surface area contributed by atoms with Gasteiger partial charge in [0.15, 0.2) is 5.69 Å². The number of H-pyrrole nitrogens is 1. The molecular formula is C42H48N6O8. The highest BCUT2D eigenvalue weighted by Crippen LogP contribution is 2.31. The number of amides is 1. The molecule has 0 spiro atoms. The van der Waals surface area contributed by atoms with Crippen molar-refractivity contribution in [2.45, 2.75) is 50.5 Å². The van der Waals surface area contributed by atoms with Gasteiger partial charge >= 0.3 is 12.1 Å². The number of esters is 1. The number of hydrogen-bond donors (Lipinski definition) is 5. The van der Waals surface area contributed by atoms with E-state index in [1.807, 2.05) is 54.6 Å². The SMILES string of the molecule is Cn1nc(C(=O)OCCCCNCC(O)c2ccc(O)c3[nH]c(=O)ccc23)cc1COc1cccc([C@@H](NC(=O)OC2CN3CCC2CC3)c2ccccc2)c1. The molecule has 3 fully saturated rings. The first kappa shape index (κ1) is 38.6. The van der Waals surface area contributed by atoms with Crippen molar-refractivity contribution in [3.8, 4) is 11.5 Å². The molecule has 5 aromatic rings. The maximum atomic E-state index is 13.2. The van der Waals surface area contributed by atoms with E-state index in [0.717, 1.165) is 43.6 Å². The van der Waals surface area contributed by atoms with Crippen LogP contribution in [0.4, 0.5) is 4.79 Å². The van der Waals surface area contributed by atoms with Crippen LogP contribution >= 0.6 is 0 Å². The highest BCUT2D eigenvalue weighted by Gasteiger charge is 2.37. The van der Waals surface area contributed by atoms with E-state index in [-0.39, 0.29) is 48.4 Å². The van der Waals surface area contributed by atoms with Crippen LogP contribution in [0.5, 0.6) is 11.5 Å². The number of unbranched alkanes of at least 4 members (excludes halogenated alkanes) is 1. The number of phenolic OH excluding ortho intramolecular Hbond substituents is 1. The molecule has 0 saturated carbocycles. The number of aliphatic hydroxyl groups excluding tert-OH is 1. The fraction of sp³-hybridized carbons (Fsp3) is 0.381. The molecule has 5 N–H and O–H groups in total. The van der Waals surface area contributed by atoms with Crippen molar-refractivity contribution in [2.24, 2.45) is 13.0 Å². The number of aromatic nitrogens is 3. The molecule has 0 radical (unpaired) electrons. The smallest absolute Gasteiger partial charge is 0.408 e. The molecule has 2 unspecified atom stereocenters. The van der Waals surface area contributed by atoms with Gasteiger partial charge in [0.05, 0.1) is 30.0 Å². The minimum Gasteiger partial charge on any atom is -0.506 e. The number of nitrogens with zero attached hydrogens (tertiary/aromatic N) is 3. The van der Waals surface area contributed by atoms with E-state index in [9.17, 15) is 24.6 Å². The van der Waals surface area contributed by atoms with Gasteiger partial charge in [-0.15, -0.1) is 0 Å². The average Bonchev–Trinajstić information content (AvgIpc) is 3.60. The predicted molar refractivity (Wildman–Crippen MR) is 208 cm³/mol. The highest BCUT2D eigenvalue weighted by molar-refractivity contribution is 5.88. The second-order valence-corrected chi connectivity index (χ2v) is 14.4. The Morgan fingerprint density at radius 3 is 2.57 bits per heavy atom. The van der Waals surface area contributed by atoms with Gasteiger partial charge in [0.2, 0.25) is 5.56 Å². The molecule has 2 aromatic heterocycles. The van der Waals surface area contributed by atoms with Crippen molar-refractivity contribution in [2.75, 3.05) is 39.3 Å². The molecule has 3 aliphatic heterocycles. The van der Waals surface area contributed by atoms with Gasteiger partial charge in [0.1, 0.15) is 24.2 Å². The number of aromatic amines is 1. The number of alkyl carbamates (subject to hydrolysis) is 1. The Kier molecular flexibility index (Phi) is 12.3. The monoisotopic (exact) mass is 764 g/mol. The van der Waals surface area contributed by atoms with Crippen LogP contribution in [-0.4, -0.2) is 87.4 Å². The summed E-state index contributed by atoms with van der Waals surface area (Å²) in [7, 11) is 1.74. The van der Waals surface area contributed by atoms with Crippen molar-refractivity contribution < 1.29 is 34.0 Å². The third-order valence-corrected chi connectivity index (χ3v) is 10.6. The highest BCUT2D eigenvalue weighted by atomic mass is 16.6. The van der Waals surface area contributed by atoms with Gasteiger partial charge in [-0.3, -0.25) is 14.4 Å². The number of pyridine rings is 1. The molecule has 56 heavy (non-hydrogen) atoms. The zero-order chi connectivity index (χ0) is 39.0. The Labute approximate surface area is 324 Å². The number of benzene rings is 3. The van der Waals surface area contributed by atoms with E-state index in [2.05, 4.69) is 25.6 Å². The number of aryl methyl sites for hydroxylation is 1. The number of carbonyl (C=O) groups excluding carboxylic acids is 2. The average molecular weight is 765 g/mol. The zero-order valence-electron chi connectivity index (χ0n) is 31.4. The first-order chi connectivity index (χ1) is 27.2. The summed E-state index contributed by atoms with van der Waals surface area (Å²) in [4.78, 5) is 42.7. The van der Waals surface area contributed by atoms with E-state index in [4.69, 9.17) is 14.2 Å². The summed E-state index contributed by atoms with van der Waals surface area (Å²) in [5.41, 5.74) is 3.15. The van der Waals surface area contributed by atoms with Gasteiger partial charge in [0, 0.05) is 31.6 Å². The number of aromatic hydroxyl groups is 1. The normalized spacial score (nSPS) is 18.6. The fourth-order valence-electron chi connectivity index (χ4n) is 7.51. The van der Waals surface area contributed by atoms with Crippen molar-refractivity contribution in [1.82, 2.24) is 30.3 Å². The molecule has 5 heterocycles. The van der Waals surface area contributed by atoms with Crippen LogP contribution in [0.3, 0.4) is 0 Å². The van der Waals surface area contributed by atoms with Gasteiger partial charge in [-0.1, -0.05) is 48.5 Å². The number of piperidine rings is 3. The largest absolute Gasteiger partial charge is 0.506 e. The molecule has 0 aliphatic carbocycles. The number of phenols is 1. The quantitative estimate of drug-likeness (QED) is 0.0694. The number of aliphatic hydroxyl groups is 1. The predicted octanol–water partition coefficient (Wildman–Crippen LogP) is 4.72. The summed E-state index contributed by atoms with van der Waals surface area (Å²) in [5.74, 6) is 0.409. The van der Waals surface area contributed by atoms with Crippen molar-refractivity contribution >= 4 is 23.0 Å². The minimum absolute atomic E-state index is 0.0603. The number of hydrogen-bond acceptors (Lipinski definition) is 11. The molecule has 14 nitrogen and oxygen atoms in total.